The quantitative estimate of drug-likeness (QED) is 0.620. The highest BCUT2D eigenvalue weighted by molar-refractivity contribution is 7.13. The number of aromatic nitrogens is 2. The van der Waals surface area contributed by atoms with Crippen LogP contribution in [0.4, 0.5) is 0 Å². The van der Waals surface area contributed by atoms with Crippen molar-refractivity contribution in [3.05, 3.63) is 58.3 Å². The summed E-state index contributed by atoms with van der Waals surface area (Å²) in [5.74, 6) is 1.51. The Morgan fingerprint density at radius 2 is 2.00 bits per heavy atom. The number of aryl methyl sites for hydroxylation is 3. The predicted octanol–water partition coefficient (Wildman–Crippen LogP) is 3.69. The van der Waals surface area contributed by atoms with Gasteiger partial charge in [-0.3, -0.25) is 9.69 Å². The average molecular weight is 411 g/mol. The minimum atomic E-state index is 0.238. The number of benzene rings is 1. The van der Waals surface area contributed by atoms with E-state index in [1.54, 1.807) is 11.3 Å². The van der Waals surface area contributed by atoms with E-state index in [9.17, 15) is 4.79 Å². The molecule has 1 aliphatic rings. The Hall–Kier alpha value is -2.51. The van der Waals surface area contributed by atoms with Gasteiger partial charge in [0.15, 0.2) is 0 Å². The topological polar surface area (TPSA) is 62.5 Å². The van der Waals surface area contributed by atoms with E-state index < -0.39 is 0 Å². The Bertz CT molecular complexity index is 959. The molecule has 1 saturated heterocycles. The lowest BCUT2D eigenvalue weighted by atomic mass is 10.0. The van der Waals surface area contributed by atoms with E-state index in [2.05, 4.69) is 47.1 Å². The largest absolute Gasteiger partial charge is 0.340 e. The van der Waals surface area contributed by atoms with Crippen molar-refractivity contribution in [3.8, 4) is 10.7 Å². The Morgan fingerprint density at radius 3 is 2.72 bits per heavy atom. The molecule has 0 aliphatic carbocycles. The lowest BCUT2D eigenvalue weighted by Crippen LogP contribution is -2.48. The van der Waals surface area contributed by atoms with Gasteiger partial charge in [-0.2, -0.15) is 4.98 Å². The Balaban J connectivity index is 1.24. The van der Waals surface area contributed by atoms with Crippen LogP contribution >= 0.6 is 11.3 Å². The summed E-state index contributed by atoms with van der Waals surface area (Å²) in [6.07, 6.45) is 1.37. The van der Waals surface area contributed by atoms with Crippen molar-refractivity contribution in [2.45, 2.75) is 33.2 Å². The van der Waals surface area contributed by atoms with Crippen molar-refractivity contribution in [3.63, 3.8) is 0 Å². The van der Waals surface area contributed by atoms with Crippen LogP contribution in [-0.4, -0.2) is 52.0 Å². The fraction of sp³-hybridized carbons (Fsp3) is 0.409. The zero-order valence-electron chi connectivity index (χ0n) is 16.9. The smallest absolute Gasteiger partial charge is 0.241 e. The predicted molar refractivity (Wildman–Crippen MR) is 114 cm³/mol. The lowest BCUT2D eigenvalue weighted by Gasteiger charge is -2.34. The van der Waals surface area contributed by atoms with Gasteiger partial charge in [0.2, 0.25) is 17.6 Å². The van der Waals surface area contributed by atoms with Gasteiger partial charge in [-0.1, -0.05) is 35.0 Å². The Kier molecular flexibility index (Phi) is 6.06. The number of hydrogen-bond donors (Lipinski definition) is 0. The van der Waals surface area contributed by atoms with Crippen LogP contribution in [0.5, 0.6) is 0 Å². The maximum atomic E-state index is 12.6. The number of piperazine rings is 1. The molecule has 7 heteroatoms. The number of amides is 1. The van der Waals surface area contributed by atoms with Crippen molar-refractivity contribution in [2.24, 2.45) is 0 Å². The molecule has 0 radical (unpaired) electrons. The van der Waals surface area contributed by atoms with Gasteiger partial charge in [0.05, 0.1) is 11.4 Å². The average Bonchev–Trinajstić information content (AvgIpc) is 3.39. The summed E-state index contributed by atoms with van der Waals surface area (Å²) in [4.78, 5) is 22.4. The second-order valence-electron chi connectivity index (χ2n) is 7.58. The van der Waals surface area contributed by atoms with Crippen molar-refractivity contribution in [1.82, 2.24) is 19.9 Å². The van der Waals surface area contributed by atoms with Crippen LogP contribution in [0.15, 0.2) is 40.2 Å². The summed E-state index contributed by atoms with van der Waals surface area (Å²) in [5, 5.41) is 6.07. The first kappa shape index (κ1) is 19.8. The van der Waals surface area contributed by atoms with Crippen LogP contribution in [0.2, 0.25) is 0 Å². The van der Waals surface area contributed by atoms with Crippen LogP contribution in [0.3, 0.4) is 0 Å². The van der Waals surface area contributed by atoms with Crippen molar-refractivity contribution in [1.29, 1.82) is 0 Å². The first-order chi connectivity index (χ1) is 14.1. The third-order valence-electron chi connectivity index (χ3n) is 5.40. The molecule has 1 fully saturated rings. The summed E-state index contributed by atoms with van der Waals surface area (Å²) < 4.78 is 5.40. The van der Waals surface area contributed by atoms with Gasteiger partial charge in [-0.15, -0.1) is 11.3 Å². The van der Waals surface area contributed by atoms with E-state index in [0.717, 1.165) is 37.5 Å². The van der Waals surface area contributed by atoms with Crippen LogP contribution in [0, 0.1) is 13.8 Å². The highest BCUT2D eigenvalue weighted by atomic mass is 32.1. The summed E-state index contributed by atoms with van der Waals surface area (Å²) >= 11 is 1.60. The standard InChI is InChI=1S/C22H26N4O2S/c1-16-5-6-18(17(2)14-16)7-8-21(27)26-11-9-25(10-12-26)15-20-23-22(24-28-20)19-4-3-13-29-19/h3-6,13-14H,7-12,15H2,1-2H3. The number of carbonyl (C=O) groups excluding carboxylic acids is 1. The van der Waals surface area contributed by atoms with Gasteiger partial charge < -0.3 is 9.42 Å². The summed E-state index contributed by atoms with van der Waals surface area (Å²) in [5.41, 5.74) is 3.79. The van der Waals surface area contributed by atoms with E-state index >= 15 is 0 Å². The highest BCUT2D eigenvalue weighted by Crippen LogP contribution is 2.22. The summed E-state index contributed by atoms with van der Waals surface area (Å²) in [6, 6.07) is 10.4. The van der Waals surface area contributed by atoms with Crippen molar-refractivity contribution < 1.29 is 9.32 Å². The number of carbonyl (C=O) groups is 1. The number of hydrogen-bond acceptors (Lipinski definition) is 6. The molecule has 6 nitrogen and oxygen atoms in total. The fourth-order valence-electron chi connectivity index (χ4n) is 3.70. The van der Waals surface area contributed by atoms with Gasteiger partial charge in [0, 0.05) is 32.6 Å². The van der Waals surface area contributed by atoms with Crippen molar-refractivity contribution in [2.75, 3.05) is 26.2 Å². The number of rotatable bonds is 6. The molecule has 0 atom stereocenters. The zero-order valence-corrected chi connectivity index (χ0v) is 17.7. The molecule has 1 aliphatic heterocycles. The molecule has 0 bridgehead atoms. The minimum Gasteiger partial charge on any atom is -0.340 e. The Labute approximate surface area is 175 Å². The van der Waals surface area contributed by atoms with E-state index in [1.165, 1.54) is 16.7 Å². The third kappa shape index (κ3) is 4.92. The lowest BCUT2D eigenvalue weighted by molar-refractivity contribution is -0.133. The maximum Gasteiger partial charge on any atom is 0.241 e. The van der Waals surface area contributed by atoms with Gasteiger partial charge in [0.1, 0.15) is 0 Å². The Morgan fingerprint density at radius 1 is 1.17 bits per heavy atom. The molecule has 3 aromatic rings. The normalized spacial score (nSPS) is 15.0. The van der Waals surface area contributed by atoms with Crippen LogP contribution in [-0.2, 0) is 17.8 Å². The maximum absolute atomic E-state index is 12.6. The molecule has 152 valence electrons. The molecular weight excluding hydrogens is 384 g/mol. The molecule has 3 heterocycles. The van der Waals surface area contributed by atoms with Gasteiger partial charge in [0.25, 0.3) is 0 Å². The molecule has 2 aromatic heterocycles. The third-order valence-corrected chi connectivity index (χ3v) is 6.27. The SMILES string of the molecule is Cc1ccc(CCC(=O)N2CCN(Cc3nc(-c4cccs4)no3)CC2)c(C)c1. The first-order valence-electron chi connectivity index (χ1n) is 10.0. The van der Waals surface area contributed by atoms with Gasteiger partial charge in [-0.25, -0.2) is 0 Å². The van der Waals surface area contributed by atoms with E-state index in [-0.39, 0.29) is 5.91 Å². The second-order valence-corrected chi connectivity index (χ2v) is 8.52. The minimum absolute atomic E-state index is 0.238. The number of nitrogens with zero attached hydrogens (tertiary/aromatic N) is 4. The molecule has 0 unspecified atom stereocenters. The van der Waals surface area contributed by atoms with Crippen molar-refractivity contribution >= 4 is 17.2 Å². The van der Waals surface area contributed by atoms with Crippen LogP contribution < -0.4 is 0 Å². The first-order valence-corrected chi connectivity index (χ1v) is 10.9. The van der Waals surface area contributed by atoms with Gasteiger partial charge in [-0.05, 0) is 42.8 Å². The van der Waals surface area contributed by atoms with Crippen LogP contribution in [0.1, 0.15) is 29.0 Å². The molecule has 4 rings (SSSR count). The number of thiophene rings is 1. The van der Waals surface area contributed by atoms with E-state index in [0.29, 0.717) is 24.7 Å². The molecule has 0 N–H and O–H groups in total. The summed E-state index contributed by atoms with van der Waals surface area (Å²) in [7, 11) is 0. The molecule has 1 amide bonds. The molecular formula is C22H26N4O2S. The monoisotopic (exact) mass is 410 g/mol. The highest BCUT2D eigenvalue weighted by Gasteiger charge is 2.22. The van der Waals surface area contributed by atoms with Crippen LogP contribution in [0.25, 0.3) is 10.7 Å². The van der Waals surface area contributed by atoms with E-state index in [4.69, 9.17) is 4.52 Å². The van der Waals surface area contributed by atoms with Gasteiger partial charge >= 0.3 is 0 Å². The molecule has 0 spiro atoms. The van der Waals surface area contributed by atoms with E-state index in [1.807, 2.05) is 22.4 Å². The fourth-order valence-corrected chi connectivity index (χ4v) is 4.35. The zero-order chi connectivity index (χ0) is 20.2. The molecule has 1 aromatic carbocycles. The summed E-state index contributed by atoms with van der Waals surface area (Å²) in [6.45, 7) is 7.99. The molecule has 0 saturated carbocycles. The second kappa shape index (κ2) is 8.88. The molecule has 29 heavy (non-hydrogen) atoms.